The van der Waals surface area contributed by atoms with E-state index in [0.717, 1.165) is 25.6 Å². The Balaban J connectivity index is 1.51. The van der Waals surface area contributed by atoms with Crippen LogP contribution in [0.4, 0.5) is 0 Å². The highest BCUT2D eigenvalue weighted by Gasteiger charge is 2.22. The molecule has 2 heterocycles. The van der Waals surface area contributed by atoms with Crippen LogP contribution in [0.15, 0.2) is 4.99 Å². The number of likely N-dealkylation sites (tertiary alicyclic amines) is 2. The van der Waals surface area contributed by atoms with Gasteiger partial charge in [-0.25, -0.2) is 0 Å². The van der Waals surface area contributed by atoms with E-state index in [-0.39, 0.29) is 0 Å². The Hall–Kier alpha value is -0.810. The third kappa shape index (κ3) is 6.68. The van der Waals surface area contributed by atoms with E-state index in [1.165, 1.54) is 64.7 Å². The number of nitrogens with one attached hydrogen (secondary N) is 1. The summed E-state index contributed by atoms with van der Waals surface area (Å²) in [7, 11) is 0. The maximum atomic E-state index is 5.99. The molecule has 0 amide bonds. The SMILES string of the molecule is CCN1CCCC1CN=C(N)NCCCCN1CCC(C)CC1. The van der Waals surface area contributed by atoms with Crippen molar-refractivity contribution in [2.75, 3.05) is 45.8 Å². The number of hydrogen-bond donors (Lipinski definition) is 2. The summed E-state index contributed by atoms with van der Waals surface area (Å²) in [6, 6.07) is 0.599. The molecule has 2 aliphatic heterocycles. The van der Waals surface area contributed by atoms with E-state index in [0.29, 0.717) is 12.0 Å². The summed E-state index contributed by atoms with van der Waals surface area (Å²) < 4.78 is 0. The van der Waals surface area contributed by atoms with Crippen molar-refractivity contribution in [3.63, 3.8) is 0 Å². The molecule has 2 aliphatic rings. The third-order valence-corrected chi connectivity index (χ3v) is 5.46. The van der Waals surface area contributed by atoms with Crippen molar-refractivity contribution in [2.45, 2.75) is 58.4 Å². The van der Waals surface area contributed by atoms with Gasteiger partial charge in [0.05, 0.1) is 6.54 Å². The van der Waals surface area contributed by atoms with Crippen LogP contribution < -0.4 is 11.1 Å². The first-order valence-corrected chi connectivity index (χ1v) is 9.69. The van der Waals surface area contributed by atoms with Crippen LogP contribution in [0.25, 0.3) is 0 Å². The van der Waals surface area contributed by atoms with E-state index in [2.05, 4.69) is 34.0 Å². The van der Waals surface area contributed by atoms with Gasteiger partial charge in [0.25, 0.3) is 0 Å². The van der Waals surface area contributed by atoms with Crippen LogP contribution in [0.3, 0.4) is 0 Å². The molecule has 0 aliphatic carbocycles. The number of hydrogen-bond acceptors (Lipinski definition) is 3. The van der Waals surface area contributed by atoms with E-state index in [9.17, 15) is 0 Å². The zero-order valence-corrected chi connectivity index (χ0v) is 15.3. The summed E-state index contributed by atoms with van der Waals surface area (Å²) in [6.45, 7) is 12.5. The van der Waals surface area contributed by atoms with E-state index in [4.69, 9.17) is 5.73 Å². The minimum atomic E-state index is 0.599. The van der Waals surface area contributed by atoms with Crippen molar-refractivity contribution in [3.8, 4) is 0 Å². The highest BCUT2D eigenvalue weighted by molar-refractivity contribution is 5.77. The van der Waals surface area contributed by atoms with Crippen LogP contribution in [-0.4, -0.2) is 67.6 Å². The highest BCUT2D eigenvalue weighted by atomic mass is 15.2. The summed E-state index contributed by atoms with van der Waals surface area (Å²) in [4.78, 5) is 9.65. The average molecular weight is 324 g/mol. The molecular formula is C18H37N5. The lowest BCUT2D eigenvalue weighted by molar-refractivity contribution is 0.189. The van der Waals surface area contributed by atoms with Gasteiger partial charge in [-0.05, 0) is 77.2 Å². The molecule has 23 heavy (non-hydrogen) atoms. The van der Waals surface area contributed by atoms with Gasteiger partial charge in [0.15, 0.2) is 5.96 Å². The summed E-state index contributed by atoms with van der Waals surface area (Å²) in [6.07, 6.45) is 7.73. The second-order valence-corrected chi connectivity index (χ2v) is 7.31. The molecule has 134 valence electrons. The molecule has 0 aromatic heterocycles. The molecule has 2 fully saturated rings. The van der Waals surface area contributed by atoms with Gasteiger partial charge < -0.3 is 16.0 Å². The lowest BCUT2D eigenvalue weighted by atomic mass is 9.99. The van der Waals surface area contributed by atoms with Gasteiger partial charge in [0.2, 0.25) is 0 Å². The first kappa shape index (κ1) is 18.5. The van der Waals surface area contributed by atoms with E-state index >= 15 is 0 Å². The Morgan fingerprint density at radius 2 is 1.96 bits per heavy atom. The minimum absolute atomic E-state index is 0.599. The van der Waals surface area contributed by atoms with Gasteiger partial charge in [-0.2, -0.15) is 0 Å². The van der Waals surface area contributed by atoms with E-state index in [1.54, 1.807) is 0 Å². The van der Waals surface area contributed by atoms with E-state index in [1.807, 2.05) is 0 Å². The second kappa shape index (κ2) is 10.1. The number of rotatable bonds is 8. The highest BCUT2D eigenvalue weighted by Crippen LogP contribution is 2.17. The third-order valence-electron chi connectivity index (χ3n) is 5.46. The Labute approximate surface area is 142 Å². The van der Waals surface area contributed by atoms with Crippen molar-refractivity contribution >= 4 is 5.96 Å². The molecule has 0 radical (unpaired) electrons. The molecule has 5 nitrogen and oxygen atoms in total. The number of nitrogens with two attached hydrogens (primary N) is 1. The van der Waals surface area contributed by atoms with Crippen molar-refractivity contribution in [2.24, 2.45) is 16.6 Å². The number of piperidine rings is 1. The average Bonchev–Trinajstić information content (AvgIpc) is 3.02. The number of unbranched alkanes of at least 4 members (excludes halogenated alkanes) is 1. The number of likely N-dealkylation sites (N-methyl/N-ethyl adjacent to an activating group) is 1. The van der Waals surface area contributed by atoms with Crippen molar-refractivity contribution < 1.29 is 0 Å². The summed E-state index contributed by atoms with van der Waals surface area (Å²) >= 11 is 0. The molecule has 0 saturated carbocycles. The lowest BCUT2D eigenvalue weighted by Gasteiger charge is -2.30. The maximum Gasteiger partial charge on any atom is 0.188 e. The summed E-state index contributed by atoms with van der Waals surface area (Å²) in [5.41, 5.74) is 5.99. The van der Waals surface area contributed by atoms with Crippen LogP contribution in [0.1, 0.15) is 52.4 Å². The first-order chi connectivity index (χ1) is 11.2. The van der Waals surface area contributed by atoms with Crippen LogP contribution in [0, 0.1) is 5.92 Å². The van der Waals surface area contributed by atoms with Gasteiger partial charge in [-0.1, -0.05) is 13.8 Å². The molecule has 1 atom stereocenters. The van der Waals surface area contributed by atoms with Gasteiger partial charge in [-0.3, -0.25) is 9.89 Å². The molecule has 0 spiro atoms. The van der Waals surface area contributed by atoms with Crippen LogP contribution in [0.2, 0.25) is 0 Å². The molecule has 0 aromatic rings. The standard InChI is InChI=1S/C18H37N5/c1-3-23-12-6-7-17(23)15-21-18(19)20-10-4-5-11-22-13-8-16(2)9-14-22/h16-17H,3-15H2,1-2H3,(H3,19,20,21). The first-order valence-electron chi connectivity index (χ1n) is 9.69. The molecule has 5 heteroatoms. The maximum absolute atomic E-state index is 5.99. The normalized spacial score (nSPS) is 25.1. The minimum Gasteiger partial charge on any atom is -0.370 e. The zero-order valence-electron chi connectivity index (χ0n) is 15.3. The number of aliphatic imine (C=N–C) groups is 1. The van der Waals surface area contributed by atoms with Gasteiger partial charge in [0, 0.05) is 12.6 Å². The molecule has 3 N–H and O–H groups in total. The van der Waals surface area contributed by atoms with Gasteiger partial charge >= 0.3 is 0 Å². The number of guanidine groups is 1. The lowest BCUT2D eigenvalue weighted by Crippen LogP contribution is -2.36. The molecular weight excluding hydrogens is 286 g/mol. The van der Waals surface area contributed by atoms with Crippen LogP contribution in [-0.2, 0) is 0 Å². The number of nitrogens with zero attached hydrogens (tertiary/aromatic N) is 3. The Bertz CT molecular complexity index is 349. The predicted octanol–water partition coefficient (Wildman–Crippen LogP) is 1.89. The summed E-state index contributed by atoms with van der Waals surface area (Å²) in [5.74, 6) is 1.55. The Morgan fingerprint density at radius 1 is 1.17 bits per heavy atom. The van der Waals surface area contributed by atoms with E-state index < -0.39 is 0 Å². The smallest absolute Gasteiger partial charge is 0.188 e. The molecule has 2 saturated heterocycles. The fourth-order valence-electron chi connectivity index (χ4n) is 3.74. The monoisotopic (exact) mass is 323 g/mol. The molecule has 0 aromatic carbocycles. The quantitative estimate of drug-likeness (QED) is 0.407. The fraction of sp³-hybridized carbons (Fsp3) is 0.944. The summed E-state index contributed by atoms with van der Waals surface area (Å²) in [5, 5.41) is 3.27. The Morgan fingerprint density at radius 3 is 2.70 bits per heavy atom. The topological polar surface area (TPSA) is 56.9 Å². The van der Waals surface area contributed by atoms with Crippen molar-refractivity contribution in [1.29, 1.82) is 0 Å². The largest absolute Gasteiger partial charge is 0.370 e. The molecule has 1 unspecified atom stereocenters. The zero-order chi connectivity index (χ0) is 16.5. The second-order valence-electron chi connectivity index (χ2n) is 7.31. The predicted molar refractivity (Wildman–Crippen MR) is 98.8 cm³/mol. The molecule has 0 bridgehead atoms. The van der Waals surface area contributed by atoms with Crippen molar-refractivity contribution in [3.05, 3.63) is 0 Å². The fourth-order valence-corrected chi connectivity index (χ4v) is 3.74. The Kier molecular flexibility index (Phi) is 8.17. The molecule has 2 rings (SSSR count). The van der Waals surface area contributed by atoms with Crippen molar-refractivity contribution in [1.82, 2.24) is 15.1 Å². The van der Waals surface area contributed by atoms with Crippen LogP contribution in [0.5, 0.6) is 0 Å². The van der Waals surface area contributed by atoms with Crippen LogP contribution >= 0.6 is 0 Å². The van der Waals surface area contributed by atoms with Gasteiger partial charge in [0.1, 0.15) is 0 Å². The van der Waals surface area contributed by atoms with Gasteiger partial charge in [-0.15, -0.1) is 0 Å².